The summed E-state index contributed by atoms with van der Waals surface area (Å²) in [4.78, 5) is 0. The van der Waals surface area contributed by atoms with Gasteiger partial charge in [0.1, 0.15) is 0 Å². The zero-order valence-corrected chi connectivity index (χ0v) is 10.3. The Labute approximate surface area is 98.0 Å². The molecule has 1 aromatic rings. The van der Waals surface area contributed by atoms with Gasteiger partial charge in [-0.25, -0.2) is 0 Å². The molecule has 2 nitrogen and oxygen atoms in total. The van der Waals surface area contributed by atoms with Crippen molar-refractivity contribution in [2.24, 2.45) is 5.92 Å². The van der Waals surface area contributed by atoms with Crippen molar-refractivity contribution in [1.82, 2.24) is 0 Å². The molecular formula is C14H22O2. The van der Waals surface area contributed by atoms with Gasteiger partial charge in [0.05, 0.1) is 18.6 Å². The molecule has 1 fully saturated rings. The number of ether oxygens (including phenoxy) is 1. The molecule has 1 aliphatic rings. The summed E-state index contributed by atoms with van der Waals surface area (Å²) >= 11 is 0. The monoisotopic (exact) mass is 222 g/mol. The van der Waals surface area contributed by atoms with Crippen molar-refractivity contribution in [2.75, 3.05) is 6.61 Å². The molecule has 0 unspecified atom stereocenters. The maximum absolute atomic E-state index is 6.04. The minimum atomic E-state index is 0.397. The average molecular weight is 222 g/mol. The summed E-state index contributed by atoms with van der Waals surface area (Å²) in [5.41, 5.74) is 1.31. The van der Waals surface area contributed by atoms with Crippen LogP contribution in [0.2, 0.25) is 0 Å². The van der Waals surface area contributed by atoms with Crippen LogP contribution in [0, 0.1) is 5.92 Å². The Kier molecular flexibility index (Phi) is 4.05. The highest BCUT2D eigenvalue weighted by atomic mass is 16.5. The van der Waals surface area contributed by atoms with Gasteiger partial charge in [-0.05, 0) is 30.4 Å². The summed E-state index contributed by atoms with van der Waals surface area (Å²) in [6.45, 7) is 5.28. The molecule has 0 aliphatic heterocycles. The van der Waals surface area contributed by atoms with Gasteiger partial charge in [-0.15, -0.1) is 0 Å². The molecule has 16 heavy (non-hydrogen) atoms. The summed E-state index contributed by atoms with van der Waals surface area (Å²) in [7, 11) is 0. The third-order valence-electron chi connectivity index (χ3n) is 3.32. The maximum Gasteiger partial charge on any atom is 0.0938 e. The van der Waals surface area contributed by atoms with Gasteiger partial charge in [0.15, 0.2) is 0 Å². The molecule has 1 heterocycles. The molecule has 0 bridgehead atoms. The van der Waals surface area contributed by atoms with Crippen molar-refractivity contribution in [3.63, 3.8) is 0 Å². The summed E-state index contributed by atoms with van der Waals surface area (Å²) in [5.74, 6) is 1.16. The fourth-order valence-corrected chi connectivity index (χ4v) is 2.48. The van der Waals surface area contributed by atoms with Crippen molar-refractivity contribution in [2.45, 2.75) is 51.6 Å². The Morgan fingerprint density at radius 1 is 1.38 bits per heavy atom. The molecule has 0 saturated heterocycles. The second-order valence-electron chi connectivity index (χ2n) is 5.21. The first-order chi connectivity index (χ1) is 7.77. The summed E-state index contributed by atoms with van der Waals surface area (Å²) in [5, 5.41) is 0. The maximum atomic E-state index is 6.04. The predicted molar refractivity (Wildman–Crippen MR) is 64.5 cm³/mol. The van der Waals surface area contributed by atoms with Crippen molar-refractivity contribution < 1.29 is 9.15 Å². The van der Waals surface area contributed by atoms with Gasteiger partial charge in [0.2, 0.25) is 0 Å². The molecule has 0 aromatic carbocycles. The van der Waals surface area contributed by atoms with Crippen LogP contribution in [0.5, 0.6) is 0 Å². The third-order valence-corrected chi connectivity index (χ3v) is 3.32. The number of furan rings is 1. The van der Waals surface area contributed by atoms with Gasteiger partial charge in [-0.2, -0.15) is 0 Å². The van der Waals surface area contributed by atoms with Crippen LogP contribution in [0.1, 0.15) is 51.0 Å². The van der Waals surface area contributed by atoms with E-state index in [9.17, 15) is 0 Å². The second-order valence-corrected chi connectivity index (χ2v) is 5.21. The van der Waals surface area contributed by atoms with Crippen LogP contribution in [0.3, 0.4) is 0 Å². The van der Waals surface area contributed by atoms with Crippen LogP contribution in [0.25, 0.3) is 0 Å². The van der Waals surface area contributed by atoms with Crippen LogP contribution in [0.15, 0.2) is 23.0 Å². The Morgan fingerprint density at radius 3 is 2.88 bits per heavy atom. The van der Waals surface area contributed by atoms with Crippen LogP contribution >= 0.6 is 0 Å². The predicted octanol–water partition coefficient (Wildman–Crippen LogP) is 3.98. The van der Waals surface area contributed by atoms with E-state index in [2.05, 4.69) is 19.9 Å². The third kappa shape index (κ3) is 2.88. The van der Waals surface area contributed by atoms with Gasteiger partial charge < -0.3 is 9.15 Å². The zero-order valence-electron chi connectivity index (χ0n) is 10.3. The molecule has 0 N–H and O–H groups in total. The Balaban J connectivity index is 1.97. The average Bonchev–Trinajstić information content (AvgIpc) is 2.80. The molecule has 0 amide bonds. The van der Waals surface area contributed by atoms with Gasteiger partial charge >= 0.3 is 0 Å². The Hall–Kier alpha value is -0.760. The van der Waals surface area contributed by atoms with Crippen molar-refractivity contribution >= 4 is 0 Å². The molecule has 2 atom stereocenters. The van der Waals surface area contributed by atoms with E-state index in [4.69, 9.17) is 9.15 Å². The van der Waals surface area contributed by atoms with E-state index >= 15 is 0 Å². The highest BCUT2D eigenvalue weighted by Crippen LogP contribution is 2.35. The SMILES string of the molecule is CC(C)CO[C@H]1CCCC[C@@H]1c1ccoc1. The second kappa shape index (κ2) is 5.53. The van der Waals surface area contributed by atoms with Gasteiger partial charge in [-0.1, -0.05) is 26.7 Å². The Bertz CT molecular complexity index is 290. The lowest BCUT2D eigenvalue weighted by atomic mass is 9.82. The van der Waals surface area contributed by atoms with E-state index in [-0.39, 0.29) is 0 Å². The first-order valence-corrected chi connectivity index (χ1v) is 6.41. The molecule has 2 rings (SSSR count). The van der Waals surface area contributed by atoms with E-state index in [1.54, 1.807) is 6.26 Å². The van der Waals surface area contributed by atoms with Crippen LogP contribution in [-0.2, 0) is 4.74 Å². The number of hydrogen-bond acceptors (Lipinski definition) is 2. The smallest absolute Gasteiger partial charge is 0.0938 e. The first kappa shape index (κ1) is 11.7. The van der Waals surface area contributed by atoms with Gasteiger partial charge in [0.25, 0.3) is 0 Å². The van der Waals surface area contributed by atoms with Gasteiger partial charge in [-0.3, -0.25) is 0 Å². The van der Waals surface area contributed by atoms with Crippen LogP contribution < -0.4 is 0 Å². The minimum absolute atomic E-state index is 0.397. The summed E-state index contributed by atoms with van der Waals surface area (Å²) < 4.78 is 11.2. The summed E-state index contributed by atoms with van der Waals surface area (Å²) in [6.07, 6.45) is 9.10. The molecular weight excluding hydrogens is 200 g/mol. The molecule has 90 valence electrons. The molecule has 1 aliphatic carbocycles. The molecule has 1 aromatic heterocycles. The van der Waals surface area contributed by atoms with E-state index in [1.165, 1.54) is 31.2 Å². The van der Waals surface area contributed by atoms with E-state index in [1.807, 2.05) is 6.26 Å². The van der Waals surface area contributed by atoms with Gasteiger partial charge in [0, 0.05) is 12.5 Å². The number of hydrogen-bond donors (Lipinski definition) is 0. The van der Waals surface area contributed by atoms with Crippen molar-refractivity contribution in [3.05, 3.63) is 24.2 Å². The highest BCUT2D eigenvalue weighted by Gasteiger charge is 2.27. The standard InChI is InChI=1S/C14H22O2/c1-11(2)9-16-14-6-4-3-5-13(14)12-7-8-15-10-12/h7-8,10-11,13-14H,3-6,9H2,1-2H3/t13-,14+/m1/s1. The molecule has 2 heteroatoms. The lowest BCUT2D eigenvalue weighted by molar-refractivity contribution is -0.000495. The zero-order chi connectivity index (χ0) is 11.4. The number of rotatable bonds is 4. The molecule has 0 radical (unpaired) electrons. The molecule has 0 spiro atoms. The lowest BCUT2D eigenvalue weighted by Gasteiger charge is -2.31. The molecule has 1 saturated carbocycles. The minimum Gasteiger partial charge on any atom is -0.472 e. The van der Waals surface area contributed by atoms with Crippen LogP contribution in [-0.4, -0.2) is 12.7 Å². The highest BCUT2D eigenvalue weighted by molar-refractivity contribution is 5.15. The lowest BCUT2D eigenvalue weighted by Crippen LogP contribution is -2.27. The summed E-state index contributed by atoms with van der Waals surface area (Å²) in [6, 6.07) is 2.09. The fraction of sp³-hybridized carbons (Fsp3) is 0.714. The van der Waals surface area contributed by atoms with E-state index < -0.39 is 0 Å². The normalized spacial score (nSPS) is 26.2. The van der Waals surface area contributed by atoms with Crippen molar-refractivity contribution in [3.8, 4) is 0 Å². The van der Waals surface area contributed by atoms with Crippen LogP contribution in [0.4, 0.5) is 0 Å². The first-order valence-electron chi connectivity index (χ1n) is 6.41. The largest absolute Gasteiger partial charge is 0.472 e. The van der Waals surface area contributed by atoms with Crippen molar-refractivity contribution in [1.29, 1.82) is 0 Å². The van der Waals surface area contributed by atoms with E-state index in [0.717, 1.165) is 6.61 Å². The van der Waals surface area contributed by atoms with E-state index in [0.29, 0.717) is 17.9 Å². The quantitative estimate of drug-likeness (QED) is 0.769. The fourth-order valence-electron chi connectivity index (χ4n) is 2.48. The topological polar surface area (TPSA) is 22.4 Å². The Morgan fingerprint density at radius 2 is 2.19 bits per heavy atom.